The van der Waals surface area contributed by atoms with Gasteiger partial charge in [-0.2, -0.15) is 4.98 Å². The molecule has 130 valence electrons. The number of nitrogens with zero attached hydrogens (tertiary/aromatic N) is 4. The van der Waals surface area contributed by atoms with Crippen LogP contribution in [0.3, 0.4) is 0 Å². The van der Waals surface area contributed by atoms with E-state index in [1.807, 2.05) is 30.3 Å². The summed E-state index contributed by atoms with van der Waals surface area (Å²) in [5.41, 5.74) is 2.15. The van der Waals surface area contributed by atoms with Crippen molar-refractivity contribution in [3.05, 3.63) is 46.4 Å². The lowest BCUT2D eigenvalue weighted by molar-refractivity contribution is 0.423. The van der Waals surface area contributed by atoms with Crippen LogP contribution < -0.4 is 4.90 Å². The van der Waals surface area contributed by atoms with Crippen LogP contribution in [0.5, 0.6) is 0 Å². The highest BCUT2D eigenvalue weighted by Gasteiger charge is 2.27. The van der Waals surface area contributed by atoms with E-state index in [0.29, 0.717) is 23.7 Å². The highest BCUT2D eigenvalue weighted by Crippen LogP contribution is 2.32. The summed E-state index contributed by atoms with van der Waals surface area (Å²) < 4.78 is 5.46. The van der Waals surface area contributed by atoms with E-state index in [4.69, 9.17) is 9.51 Å². The van der Waals surface area contributed by atoms with Crippen molar-refractivity contribution in [3.8, 4) is 11.5 Å². The van der Waals surface area contributed by atoms with E-state index in [0.717, 1.165) is 25.1 Å². The van der Waals surface area contributed by atoms with Gasteiger partial charge in [-0.25, -0.2) is 4.98 Å². The quantitative estimate of drug-likeness (QED) is 0.680. The number of rotatable bonds is 4. The molecule has 0 aliphatic carbocycles. The van der Waals surface area contributed by atoms with Crippen molar-refractivity contribution in [1.29, 1.82) is 0 Å². The van der Waals surface area contributed by atoms with Crippen LogP contribution in [0.15, 0.2) is 40.2 Å². The fourth-order valence-electron chi connectivity index (χ4n) is 3.16. The summed E-state index contributed by atoms with van der Waals surface area (Å²) in [5.74, 6) is 2.19. The summed E-state index contributed by atoms with van der Waals surface area (Å²) in [4.78, 5) is 11.7. The average molecular weight is 354 g/mol. The Morgan fingerprint density at radius 2 is 2.04 bits per heavy atom. The van der Waals surface area contributed by atoms with Crippen molar-refractivity contribution in [2.45, 2.75) is 38.5 Å². The molecule has 0 spiro atoms. The smallest absolute Gasteiger partial charge is 0.266 e. The molecule has 1 fully saturated rings. The lowest BCUT2D eigenvalue weighted by Crippen LogP contribution is -2.35. The van der Waals surface area contributed by atoms with Gasteiger partial charge in [-0.3, -0.25) is 0 Å². The van der Waals surface area contributed by atoms with Crippen molar-refractivity contribution in [1.82, 2.24) is 15.1 Å². The van der Waals surface area contributed by atoms with E-state index < -0.39 is 0 Å². The summed E-state index contributed by atoms with van der Waals surface area (Å²) in [6.45, 7) is 6.25. The minimum Gasteiger partial charge on any atom is -0.337 e. The minimum atomic E-state index is 0.449. The van der Waals surface area contributed by atoms with Gasteiger partial charge in [0.1, 0.15) is 0 Å². The number of hydrogen-bond acceptors (Lipinski definition) is 6. The second-order valence-electron chi connectivity index (χ2n) is 6.82. The summed E-state index contributed by atoms with van der Waals surface area (Å²) >= 11 is 1.78. The Labute approximate surface area is 151 Å². The van der Waals surface area contributed by atoms with Gasteiger partial charge in [0.25, 0.3) is 11.8 Å². The van der Waals surface area contributed by atoms with Gasteiger partial charge < -0.3 is 9.42 Å². The van der Waals surface area contributed by atoms with Gasteiger partial charge >= 0.3 is 0 Å². The molecule has 0 bridgehead atoms. The number of benzene rings is 1. The fourth-order valence-corrected chi connectivity index (χ4v) is 4.27. The van der Waals surface area contributed by atoms with Gasteiger partial charge in [0, 0.05) is 30.0 Å². The average Bonchev–Trinajstić information content (AvgIpc) is 3.33. The molecule has 5 nitrogen and oxygen atoms in total. The molecule has 2 aromatic heterocycles. The molecule has 3 heterocycles. The standard InChI is InChI=1S/C19H22N4OS/c1-13(2)16-12-25-18(20-16)15-9-6-10-23(11-15)19-21-17(24-22-19)14-7-4-3-5-8-14/h3-5,7-8,12-13,15H,6,9-11H2,1-2H3. The van der Waals surface area contributed by atoms with E-state index in [-0.39, 0.29) is 0 Å². The maximum atomic E-state index is 5.46. The van der Waals surface area contributed by atoms with E-state index in [1.54, 1.807) is 11.3 Å². The second kappa shape index (κ2) is 6.96. The lowest BCUT2D eigenvalue weighted by atomic mass is 9.99. The first-order chi connectivity index (χ1) is 12.2. The normalized spacial score (nSPS) is 18.0. The molecule has 1 aliphatic rings. The Bertz CT molecular complexity index is 827. The molecule has 0 radical (unpaired) electrons. The number of hydrogen-bond donors (Lipinski definition) is 0. The summed E-state index contributed by atoms with van der Waals surface area (Å²) in [7, 11) is 0. The van der Waals surface area contributed by atoms with Gasteiger partial charge in [-0.05, 0) is 36.0 Å². The monoisotopic (exact) mass is 354 g/mol. The molecule has 1 aliphatic heterocycles. The van der Waals surface area contributed by atoms with Gasteiger partial charge in [0.15, 0.2) is 0 Å². The molecule has 1 aromatic carbocycles. The van der Waals surface area contributed by atoms with Crippen molar-refractivity contribution in [2.24, 2.45) is 0 Å². The number of anilines is 1. The van der Waals surface area contributed by atoms with Crippen LogP contribution in [0.2, 0.25) is 0 Å². The van der Waals surface area contributed by atoms with Crippen LogP contribution in [0.1, 0.15) is 49.2 Å². The first-order valence-corrected chi connectivity index (χ1v) is 9.68. The van der Waals surface area contributed by atoms with E-state index in [2.05, 4.69) is 34.3 Å². The fraction of sp³-hybridized carbons (Fsp3) is 0.421. The van der Waals surface area contributed by atoms with Crippen LogP contribution >= 0.6 is 11.3 Å². The van der Waals surface area contributed by atoms with Crippen LogP contribution in [0, 0.1) is 0 Å². The molecule has 0 N–H and O–H groups in total. The molecule has 1 saturated heterocycles. The third-order valence-electron chi connectivity index (χ3n) is 4.62. The molecule has 3 aromatic rings. The Balaban J connectivity index is 1.50. The Kier molecular flexibility index (Phi) is 4.53. The minimum absolute atomic E-state index is 0.449. The predicted octanol–water partition coefficient (Wildman–Crippen LogP) is 4.70. The van der Waals surface area contributed by atoms with E-state index >= 15 is 0 Å². The van der Waals surface area contributed by atoms with E-state index in [9.17, 15) is 0 Å². The first kappa shape index (κ1) is 16.3. The predicted molar refractivity (Wildman–Crippen MR) is 100 cm³/mol. The molecule has 0 amide bonds. The molecule has 1 unspecified atom stereocenters. The van der Waals surface area contributed by atoms with Gasteiger partial charge in [0.05, 0.1) is 10.7 Å². The molecule has 6 heteroatoms. The zero-order valence-electron chi connectivity index (χ0n) is 14.6. The molecular weight excluding hydrogens is 332 g/mol. The van der Waals surface area contributed by atoms with Crippen molar-refractivity contribution in [2.75, 3.05) is 18.0 Å². The molecular formula is C19H22N4OS. The number of thiazole rings is 1. The SMILES string of the molecule is CC(C)c1csc(C2CCCN(c3noc(-c4ccccc4)n3)C2)n1. The number of aromatic nitrogens is 3. The summed E-state index contributed by atoms with van der Waals surface area (Å²) in [6.07, 6.45) is 2.29. The molecule has 25 heavy (non-hydrogen) atoms. The zero-order valence-corrected chi connectivity index (χ0v) is 15.4. The van der Waals surface area contributed by atoms with Crippen molar-refractivity contribution < 1.29 is 4.52 Å². The highest BCUT2D eigenvalue weighted by atomic mass is 32.1. The third kappa shape index (κ3) is 3.44. The highest BCUT2D eigenvalue weighted by molar-refractivity contribution is 7.09. The van der Waals surface area contributed by atoms with Crippen LogP contribution in [0.4, 0.5) is 5.95 Å². The molecule has 0 saturated carbocycles. The van der Waals surface area contributed by atoms with Gasteiger partial charge in [-0.1, -0.05) is 32.0 Å². The van der Waals surface area contributed by atoms with E-state index in [1.165, 1.54) is 17.1 Å². The Hall–Kier alpha value is -2.21. The van der Waals surface area contributed by atoms with Gasteiger partial charge in [0.2, 0.25) is 0 Å². The molecule has 1 atom stereocenters. The van der Waals surface area contributed by atoms with Gasteiger partial charge in [-0.15, -0.1) is 11.3 Å². The maximum absolute atomic E-state index is 5.46. The molecule has 4 rings (SSSR count). The maximum Gasteiger partial charge on any atom is 0.266 e. The summed E-state index contributed by atoms with van der Waals surface area (Å²) in [5, 5.41) is 7.63. The van der Waals surface area contributed by atoms with Crippen molar-refractivity contribution in [3.63, 3.8) is 0 Å². The first-order valence-electron chi connectivity index (χ1n) is 8.80. The summed E-state index contributed by atoms with van der Waals surface area (Å²) in [6, 6.07) is 9.91. The Morgan fingerprint density at radius 3 is 2.80 bits per heavy atom. The number of piperidine rings is 1. The van der Waals surface area contributed by atoms with Crippen LogP contribution in [-0.2, 0) is 0 Å². The van der Waals surface area contributed by atoms with Crippen LogP contribution in [-0.4, -0.2) is 28.2 Å². The Morgan fingerprint density at radius 1 is 1.20 bits per heavy atom. The van der Waals surface area contributed by atoms with Crippen LogP contribution in [0.25, 0.3) is 11.5 Å². The zero-order chi connectivity index (χ0) is 17.2. The second-order valence-corrected chi connectivity index (χ2v) is 7.71. The third-order valence-corrected chi connectivity index (χ3v) is 5.65. The lowest BCUT2D eigenvalue weighted by Gasteiger charge is -2.30. The topological polar surface area (TPSA) is 55.1 Å². The largest absolute Gasteiger partial charge is 0.337 e. The van der Waals surface area contributed by atoms with Crippen molar-refractivity contribution >= 4 is 17.3 Å².